The highest BCUT2D eigenvalue weighted by Crippen LogP contribution is 2.23. The molecule has 1 heterocycles. The molecule has 0 atom stereocenters. The van der Waals surface area contributed by atoms with Gasteiger partial charge in [0.25, 0.3) is 0 Å². The molecule has 136 valence electrons. The fraction of sp³-hybridized carbons (Fsp3) is 0.400. The summed E-state index contributed by atoms with van der Waals surface area (Å²) in [5.41, 5.74) is 0.829. The zero-order valence-electron chi connectivity index (χ0n) is 14.2. The molecule has 1 aliphatic rings. The second kappa shape index (κ2) is 9.73. The molecule has 0 spiro atoms. The highest BCUT2D eigenvalue weighted by molar-refractivity contribution is 5.85. The van der Waals surface area contributed by atoms with Crippen LogP contribution in [0.15, 0.2) is 48.5 Å². The second-order valence-corrected chi connectivity index (χ2v) is 6.38. The van der Waals surface area contributed by atoms with Crippen LogP contribution in [0.2, 0.25) is 0 Å². The Bertz CT molecular complexity index is 642. The van der Waals surface area contributed by atoms with Gasteiger partial charge in [0, 0.05) is 6.54 Å². The van der Waals surface area contributed by atoms with Crippen LogP contribution >= 0.6 is 12.4 Å². The van der Waals surface area contributed by atoms with Crippen LogP contribution < -0.4 is 4.74 Å². The Kier molecular flexibility index (Phi) is 7.66. The zero-order chi connectivity index (χ0) is 16.8. The normalized spacial score (nSPS) is 15.6. The van der Waals surface area contributed by atoms with Crippen molar-refractivity contribution in [3.63, 3.8) is 0 Å². The number of likely N-dealkylation sites (tertiary alicyclic amines) is 1. The van der Waals surface area contributed by atoms with Crippen molar-refractivity contribution >= 4 is 12.4 Å². The Morgan fingerprint density at radius 2 is 1.64 bits per heavy atom. The summed E-state index contributed by atoms with van der Waals surface area (Å²) in [5, 5.41) is 0. The maximum absolute atomic E-state index is 13.7. The number of nitrogens with zero attached hydrogens (tertiary/aromatic N) is 1. The van der Waals surface area contributed by atoms with Crippen LogP contribution in [0.25, 0.3) is 0 Å². The third-order valence-electron chi connectivity index (χ3n) is 4.66. The molecule has 1 aliphatic heterocycles. The van der Waals surface area contributed by atoms with E-state index in [1.165, 1.54) is 18.2 Å². The van der Waals surface area contributed by atoms with E-state index in [4.69, 9.17) is 4.74 Å². The first-order valence-electron chi connectivity index (χ1n) is 8.55. The summed E-state index contributed by atoms with van der Waals surface area (Å²) in [4.78, 5) is 2.38. The van der Waals surface area contributed by atoms with E-state index in [0.29, 0.717) is 18.3 Å². The highest BCUT2D eigenvalue weighted by atomic mass is 35.5. The molecule has 0 unspecified atom stereocenters. The van der Waals surface area contributed by atoms with Crippen molar-refractivity contribution in [1.82, 2.24) is 4.90 Å². The number of hydrogen-bond donors (Lipinski definition) is 0. The van der Waals surface area contributed by atoms with Crippen LogP contribution in [-0.2, 0) is 6.42 Å². The van der Waals surface area contributed by atoms with Gasteiger partial charge in [0.15, 0.2) is 0 Å². The summed E-state index contributed by atoms with van der Waals surface area (Å²) >= 11 is 0. The van der Waals surface area contributed by atoms with Crippen molar-refractivity contribution < 1.29 is 13.5 Å². The maximum atomic E-state index is 13.7. The van der Waals surface area contributed by atoms with Crippen LogP contribution in [0, 0.1) is 17.6 Å². The molecule has 25 heavy (non-hydrogen) atoms. The fourth-order valence-corrected chi connectivity index (χ4v) is 3.21. The van der Waals surface area contributed by atoms with Gasteiger partial charge in [-0.3, -0.25) is 4.90 Å². The van der Waals surface area contributed by atoms with Gasteiger partial charge in [0.1, 0.15) is 24.0 Å². The lowest BCUT2D eigenvalue weighted by atomic mass is 9.90. The Morgan fingerprint density at radius 1 is 0.960 bits per heavy atom. The molecular weight excluding hydrogens is 344 g/mol. The molecule has 5 heteroatoms. The lowest BCUT2D eigenvalue weighted by molar-refractivity contribution is 0.154. The van der Waals surface area contributed by atoms with Crippen molar-refractivity contribution in [1.29, 1.82) is 0 Å². The van der Waals surface area contributed by atoms with Crippen molar-refractivity contribution in [3.8, 4) is 5.75 Å². The molecule has 3 rings (SSSR count). The first-order chi connectivity index (χ1) is 11.7. The predicted molar refractivity (Wildman–Crippen MR) is 98.4 cm³/mol. The largest absolute Gasteiger partial charge is 0.492 e. The molecule has 1 saturated heterocycles. The van der Waals surface area contributed by atoms with Gasteiger partial charge >= 0.3 is 0 Å². The molecule has 2 aromatic carbocycles. The SMILES string of the molecule is Cl.Fc1ccc(OCCN2CCC(Cc3ccccc3F)CC2)cc1. The molecule has 0 aromatic heterocycles. The predicted octanol–water partition coefficient (Wildman–Crippen LogP) is 4.72. The van der Waals surface area contributed by atoms with Crippen molar-refractivity contribution in [2.45, 2.75) is 19.3 Å². The van der Waals surface area contributed by atoms with Gasteiger partial charge in [-0.05, 0) is 74.2 Å². The summed E-state index contributed by atoms with van der Waals surface area (Å²) in [6.07, 6.45) is 3.00. The smallest absolute Gasteiger partial charge is 0.126 e. The van der Waals surface area contributed by atoms with Crippen LogP contribution in [0.4, 0.5) is 8.78 Å². The summed E-state index contributed by atoms with van der Waals surface area (Å²) in [5.74, 6) is 0.911. The Labute approximate surface area is 154 Å². The Morgan fingerprint density at radius 3 is 2.32 bits per heavy atom. The molecule has 0 bridgehead atoms. The molecule has 2 nitrogen and oxygen atoms in total. The average molecular weight is 368 g/mol. The second-order valence-electron chi connectivity index (χ2n) is 6.38. The topological polar surface area (TPSA) is 12.5 Å². The van der Waals surface area contributed by atoms with E-state index in [1.54, 1.807) is 18.2 Å². The van der Waals surface area contributed by atoms with Crippen LogP contribution in [0.1, 0.15) is 18.4 Å². The van der Waals surface area contributed by atoms with Gasteiger partial charge in [-0.2, -0.15) is 0 Å². The maximum Gasteiger partial charge on any atom is 0.126 e. The van der Waals surface area contributed by atoms with Gasteiger partial charge < -0.3 is 4.74 Å². The van der Waals surface area contributed by atoms with E-state index in [-0.39, 0.29) is 24.0 Å². The lowest BCUT2D eigenvalue weighted by Gasteiger charge is -2.32. The van der Waals surface area contributed by atoms with E-state index in [1.807, 2.05) is 12.1 Å². The van der Waals surface area contributed by atoms with Crippen LogP contribution in [0.5, 0.6) is 5.75 Å². The number of piperidine rings is 1. The van der Waals surface area contributed by atoms with E-state index in [9.17, 15) is 8.78 Å². The molecule has 1 fully saturated rings. The number of benzene rings is 2. The quantitative estimate of drug-likeness (QED) is 0.732. The van der Waals surface area contributed by atoms with Crippen LogP contribution in [0.3, 0.4) is 0 Å². The third-order valence-corrected chi connectivity index (χ3v) is 4.66. The lowest BCUT2D eigenvalue weighted by Crippen LogP contribution is -2.37. The number of halogens is 3. The Balaban J connectivity index is 0.00000225. The first-order valence-corrected chi connectivity index (χ1v) is 8.55. The van der Waals surface area contributed by atoms with E-state index >= 15 is 0 Å². The number of rotatable bonds is 6. The molecule has 0 saturated carbocycles. The molecule has 2 aromatic rings. The molecule has 0 amide bonds. The van der Waals surface area contributed by atoms with E-state index < -0.39 is 0 Å². The summed E-state index contributed by atoms with van der Waals surface area (Å²) in [7, 11) is 0. The van der Waals surface area contributed by atoms with Gasteiger partial charge in [0.2, 0.25) is 0 Å². The van der Waals surface area contributed by atoms with Crippen molar-refractivity contribution in [2.24, 2.45) is 5.92 Å². The van der Waals surface area contributed by atoms with Crippen LogP contribution in [-0.4, -0.2) is 31.1 Å². The standard InChI is InChI=1S/C20H23F2NO.ClH/c21-18-5-7-19(8-6-18)24-14-13-23-11-9-16(10-12-23)15-17-3-1-2-4-20(17)22;/h1-8,16H,9-15H2;1H. The number of hydrogen-bond acceptors (Lipinski definition) is 2. The van der Waals surface area contributed by atoms with Crippen molar-refractivity contribution in [3.05, 3.63) is 65.7 Å². The summed E-state index contributed by atoms with van der Waals surface area (Å²) in [6, 6.07) is 13.2. The van der Waals surface area contributed by atoms with Gasteiger partial charge in [-0.1, -0.05) is 18.2 Å². The minimum Gasteiger partial charge on any atom is -0.492 e. The molecule has 0 aliphatic carbocycles. The zero-order valence-corrected chi connectivity index (χ0v) is 15.0. The molecule has 0 N–H and O–H groups in total. The average Bonchev–Trinajstić information content (AvgIpc) is 2.60. The third kappa shape index (κ3) is 5.98. The molecular formula is C20H24ClF2NO. The van der Waals surface area contributed by atoms with Gasteiger partial charge in [-0.15, -0.1) is 12.4 Å². The fourth-order valence-electron chi connectivity index (χ4n) is 3.21. The minimum atomic E-state index is -0.251. The minimum absolute atomic E-state index is 0. The van der Waals surface area contributed by atoms with Gasteiger partial charge in [-0.25, -0.2) is 8.78 Å². The van der Waals surface area contributed by atoms with Gasteiger partial charge in [0.05, 0.1) is 0 Å². The Hall–Kier alpha value is -1.65. The van der Waals surface area contributed by atoms with Crippen molar-refractivity contribution in [2.75, 3.05) is 26.2 Å². The van der Waals surface area contributed by atoms with E-state index in [0.717, 1.165) is 44.5 Å². The number of ether oxygens (including phenoxy) is 1. The summed E-state index contributed by atoms with van der Waals surface area (Å²) in [6.45, 7) is 3.51. The molecule has 0 radical (unpaired) electrons. The summed E-state index contributed by atoms with van der Waals surface area (Å²) < 4.78 is 32.2. The first kappa shape index (κ1) is 19.7. The van der Waals surface area contributed by atoms with E-state index in [2.05, 4.69) is 4.90 Å². The monoisotopic (exact) mass is 367 g/mol. The highest BCUT2D eigenvalue weighted by Gasteiger charge is 2.20.